The number of carbonyl (C=O) groups is 1. The number of anilines is 1. The molecule has 0 aliphatic carbocycles. The first-order valence-corrected chi connectivity index (χ1v) is 15.2. The number of hydrogen-bond acceptors (Lipinski definition) is 7. The maximum Gasteiger partial charge on any atom is 0.416 e. The molecule has 2 aliphatic rings. The second kappa shape index (κ2) is 15.5. The van der Waals surface area contributed by atoms with Gasteiger partial charge in [-0.25, -0.2) is 0 Å². The molecule has 1 amide bonds. The molecule has 2 aliphatic heterocycles. The van der Waals surface area contributed by atoms with Gasteiger partial charge in [0.15, 0.2) is 6.61 Å². The summed E-state index contributed by atoms with van der Waals surface area (Å²) in [5.74, 6) is 1.73. The monoisotopic (exact) mass is 628 g/mol. The Bertz CT molecular complexity index is 1400. The molecule has 0 radical (unpaired) electrons. The van der Waals surface area contributed by atoms with Crippen LogP contribution in [0, 0.1) is 0 Å². The van der Waals surface area contributed by atoms with Crippen molar-refractivity contribution in [1.82, 2.24) is 5.32 Å². The number of amides is 1. The van der Waals surface area contributed by atoms with E-state index in [0.717, 1.165) is 54.9 Å². The molecule has 1 saturated heterocycles. The number of benzene rings is 3. The lowest BCUT2D eigenvalue weighted by atomic mass is 9.87. The van der Waals surface area contributed by atoms with Crippen LogP contribution in [0.1, 0.15) is 41.9 Å². The van der Waals surface area contributed by atoms with Crippen LogP contribution in [0.2, 0.25) is 0 Å². The van der Waals surface area contributed by atoms with Crippen LogP contribution in [-0.2, 0) is 27.1 Å². The van der Waals surface area contributed by atoms with Crippen molar-refractivity contribution in [2.24, 2.45) is 0 Å². The fourth-order valence-corrected chi connectivity index (χ4v) is 5.55. The van der Waals surface area contributed by atoms with E-state index in [-0.39, 0.29) is 36.9 Å². The van der Waals surface area contributed by atoms with Crippen molar-refractivity contribution in [3.63, 3.8) is 0 Å². The lowest BCUT2D eigenvalue weighted by molar-refractivity contribution is -0.137. The molecule has 242 valence electrons. The second-order valence-electron chi connectivity index (χ2n) is 11.1. The van der Waals surface area contributed by atoms with Crippen molar-refractivity contribution in [3.05, 3.63) is 83.4 Å². The van der Waals surface area contributed by atoms with Gasteiger partial charge in [-0.2, -0.15) is 13.2 Å². The van der Waals surface area contributed by atoms with Crippen LogP contribution < -0.4 is 24.4 Å². The second-order valence-corrected chi connectivity index (χ2v) is 11.1. The molecule has 2 unspecified atom stereocenters. The lowest BCUT2D eigenvalue weighted by Gasteiger charge is -2.33. The van der Waals surface area contributed by atoms with Crippen LogP contribution in [0.3, 0.4) is 0 Å². The van der Waals surface area contributed by atoms with Gasteiger partial charge in [-0.05, 0) is 73.0 Å². The summed E-state index contributed by atoms with van der Waals surface area (Å²) in [5.41, 5.74) is 2.16. The van der Waals surface area contributed by atoms with Gasteiger partial charge in [0.05, 0.1) is 37.2 Å². The Morgan fingerprint density at radius 2 is 1.76 bits per heavy atom. The number of ether oxygens (including phenoxy) is 5. The fraction of sp³-hybridized carbons (Fsp3) is 0.441. The first-order chi connectivity index (χ1) is 21.8. The Hall–Kier alpha value is -3.80. The van der Waals surface area contributed by atoms with E-state index < -0.39 is 11.7 Å². The molecule has 8 nitrogen and oxygen atoms in total. The van der Waals surface area contributed by atoms with E-state index in [4.69, 9.17) is 23.7 Å². The number of nitrogens with zero attached hydrogens (tertiary/aromatic N) is 1. The van der Waals surface area contributed by atoms with Crippen molar-refractivity contribution < 1.29 is 41.7 Å². The number of alkyl halides is 3. The zero-order valence-corrected chi connectivity index (χ0v) is 25.3. The number of nitrogens with one attached hydrogen (secondary N) is 1. The molecule has 11 heteroatoms. The summed E-state index contributed by atoms with van der Waals surface area (Å²) in [6.45, 7) is 3.81. The zero-order chi connectivity index (χ0) is 31.6. The quantitative estimate of drug-likeness (QED) is 0.220. The molecule has 0 bridgehead atoms. The van der Waals surface area contributed by atoms with E-state index >= 15 is 0 Å². The van der Waals surface area contributed by atoms with Crippen molar-refractivity contribution in [2.45, 2.75) is 44.1 Å². The number of hydrogen-bond donors (Lipinski definition) is 1. The highest BCUT2D eigenvalue weighted by molar-refractivity contribution is 5.97. The van der Waals surface area contributed by atoms with E-state index in [9.17, 15) is 18.0 Å². The van der Waals surface area contributed by atoms with Gasteiger partial charge in [-0.15, -0.1) is 0 Å². The molecule has 45 heavy (non-hydrogen) atoms. The van der Waals surface area contributed by atoms with Crippen molar-refractivity contribution in [3.8, 4) is 17.2 Å². The highest BCUT2D eigenvalue weighted by Crippen LogP contribution is 2.35. The Balaban J connectivity index is 1.11. The third-order valence-electron chi connectivity index (χ3n) is 7.88. The molecular weight excluding hydrogens is 589 g/mol. The molecule has 1 fully saturated rings. The Morgan fingerprint density at radius 1 is 0.956 bits per heavy atom. The van der Waals surface area contributed by atoms with Crippen molar-refractivity contribution in [1.29, 1.82) is 0 Å². The number of fused-ring (bicyclic) bond motifs is 1. The highest BCUT2D eigenvalue weighted by Gasteiger charge is 2.31. The van der Waals surface area contributed by atoms with E-state index in [1.807, 2.05) is 30.3 Å². The van der Waals surface area contributed by atoms with Crippen LogP contribution >= 0.6 is 0 Å². The summed E-state index contributed by atoms with van der Waals surface area (Å²) in [4.78, 5) is 14.3. The molecule has 1 N–H and O–H groups in total. The molecule has 0 aromatic heterocycles. The molecular formula is C34H39F3N2O6. The van der Waals surface area contributed by atoms with E-state index in [0.29, 0.717) is 44.3 Å². The summed E-state index contributed by atoms with van der Waals surface area (Å²) >= 11 is 0. The van der Waals surface area contributed by atoms with Crippen LogP contribution in [0.25, 0.3) is 0 Å². The van der Waals surface area contributed by atoms with E-state index in [1.54, 1.807) is 12.0 Å². The maximum atomic E-state index is 12.9. The molecule has 3 aromatic carbocycles. The normalized spacial score (nSPS) is 18.3. The average molecular weight is 629 g/mol. The van der Waals surface area contributed by atoms with Crippen LogP contribution in [-0.4, -0.2) is 65.2 Å². The largest absolute Gasteiger partial charge is 0.493 e. The van der Waals surface area contributed by atoms with Gasteiger partial charge in [0.1, 0.15) is 17.2 Å². The minimum absolute atomic E-state index is 0.0345. The van der Waals surface area contributed by atoms with Crippen molar-refractivity contribution in [2.75, 3.05) is 58.1 Å². The summed E-state index contributed by atoms with van der Waals surface area (Å²) in [5, 5.41) is 3.43. The third kappa shape index (κ3) is 8.90. The highest BCUT2D eigenvalue weighted by atomic mass is 19.4. The number of halogens is 3. The minimum Gasteiger partial charge on any atom is -0.493 e. The lowest BCUT2D eigenvalue weighted by Crippen LogP contribution is -2.41. The first-order valence-electron chi connectivity index (χ1n) is 15.2. The minimum atomic E-state index is -4.40. The van der Waals surface area contributed by atoms with Crippen LogP contribution in [0.4, 0.5) is 18.9 Å². The Morgan fingerprint density at radius 3 is 2.53 bits per heavy atom. The predicted molar refractivity (Wildman–Crippen MR) is 163 cm³/mol. The van der Waals surface area contributed by atoms with Gasteiger partial charge >= 0.3 is 6.18 Å². The van der Waals surface area contributed by atoms with Gasteiger partial charge in [-0.1, -0.05) is 24.3 Å². The van der Waals surface area contributed by atoms with Gasteiger partial charge in [0, 0.05) is 39.1 Å². The number of methoxy groups -OCH3 is 1. The average Bonchev–Trinajstić information content (AvgIpc) is 3.05. The third-order valence-corrected chi connectivity index (χ3v) is 7.88. The van der Waals surface area contributed by atoms with Gasteiger partial charge < -0.3 is 33.9 Å². The van der Waals surface area contributed by atoms with E-state index in [2.05, 4.69) is 17.4 Å². The molecule has 0 saturated carbocycles. The first kappa shape index (κ1) is 32.6. The summed E-state index contributed by atoms with van der Waals surface area (Å²) in [6, 6.07) is 18.7. The Labute approximate surface area is 261 Å². The van der Waals surface area contributed by atoms with Crippen LogP contribution in [0.15, 0.2) is 66.7 Å². The predicted octanol–water partition coefficient (Wildman–Crippen LogP) is 5.98. The zero-order valence-electron chi connectivity index (χ0n) is 25.3. The number of carbonyl (C=O) groups excluding carboxylic acids is 1. The summed E-state index contributed by atoms with van der Waals surface area (Å²) < 4.78 is 67.2. The van der Waals surface area contributed by atoms with Gasteiger partial charge in [0.25, 0.3) is 5.91 Å². The van der Waals surface area contributed by atoms with Crippen molar-refractivity contribution >= 4 is 11.6 Å². The summed E-state index contributed by atoms with van der Waals surface area (Å²) in [7, 11) is 1.65. The summed E-state index contributed by atoms with van der Waals surface area (Å²) in [6.07, 6.45) is -2.25. The molecule has 2 heterocycles. The van der Waals surface area contributed by atoms with Crippen LogP contribution in [0.5, 0.6) is 17.2 Å². The molecule has 0 spiro atoms. The molecule has 3 aromatic rings. The standard InChI is InChI=1S/C34H39F3N2O6/c1-41-16-3-15-39-30-19-24(7-12-31(30)45-23-33(39)40)22-44-32-21-38-14-13-29(32)25-8-10-27(11-9-25)42-17-4-18-43-28-6-2-5-26(20-28)34(35,36)37/h2,5-12,19-20,29,32,38H,3-4,13-18,21-23H2,1H3. The van der Waals surface area contributed by atoms with Gasteiger partial charge in [-0.3, -0.25) is 4.79 Å². The Kier molecular flexibility index (Phi) is 11.2. The smallest absolute Gasteiger partial charge is 0.416 e. The maximum absolute atomic E-state index is 12.9. The van der Waals surface area contributed by atoms with Gasteiger partial charge in [0.2, 0.25) is 0 Å². The molecule has 5 rings (SSSR count). The number of rotatable bonds is 14. The topological polar surface area (TPSA) is 78.5 Å². The SMILES string of the molecule is COCCCN1C(=O)COc2ccc(COC3CNCCC3c3ccc(OCCCOc4cccc(C(F)(F)F)c4)cc3)cc21. The molecule has 2 atom stereocenters. The fourth-order valence-electron chi connectivity index (χ4n) is 5.55. The number of piperidine rings is 1. The van der Waals surface area contributed by atoms with E-state index in [1.165, 1.54) is 12.1 Å².